The fraction of sp³-hybridized carbons (Fsp3) is 0.357. The van der Waals surface area contributed by atoms with E-state index < -0.39 is 24.0 Å². The monoisotopic (exact) mass is 276 g/mol. The highest BCUT2D eigenvalue weighted by Gasteiger charge is 2.30. The third-order valence-electron chi connectivity index (χ3n) is 3.21. The number of carbonyl (C=O) groups is 3. The first-order valence-corrected chi connectivity index (χ1v) is 6.42. The van der Waals surface area contributed by atoms with Gasteiger partial charge < -0.3 is 15.7 Å². The van der Waals surface area contributed by atoms with Gasteiger partial charge in [-0.15, -0.1) is 0 Å². The minimum Gasteiger partial charge on any atom is -0.481 e. The van der Waals surface area contributed by atoms with Gasteiger partial charge in [0.1, 0.15) is 12.1 Å². The summed E-state index contributed by atoms with van der Waals surface area (Å²) in [5.41, 5.74) is 0.783. The maximum Gasteiger partial charge on any atom is 0.316 e. The quantitative estimate of drug-likeness (QED) is 0.673. The van der Waals surface area contributed by atoms with Crippen molar-refractivity contribution < 1.29 is 19.5 Å². The number of carbonyl (C=O) groups excluding carboxylic acids is 2. The van der Waals surface area contributed by atoms with Crippen molar-refractivity contribution in [3.8, 4) is 0 Å². The summed E-state index contributed by atoms with van der Waals surface area (Å²) in [6, 6.07) is 8.97. The molecule has 20 heavy (non-hydrogen) atoms. The molecule has 6 heteroatoms. The summed E-state index contributed by atoms with van der Waals surface area (Å²) in [7, 11) is 0. The number of carboxylic acid groups (broad SMARTS) is 1. The lowest BCUT2D eigenvalue weighted by Gasteiger charge is -2.17. The first-order chi connectivity index (χ1) is 9.56. The standard InChI is InChI=1S/C14H16N2O4/c17-12-7-6-11(15-12)16-13(18)10(14(19)20)8-9-4-2-1-3-5-9/h1-5,10-11H,6-8H2,(H,15,17)(H,16,18)(H,19,20)/t10-,11+/m0/s1. The second-order valence-corrected chi connectivity index (χ2v) is 4.75. The number of hydrogen-bond donors (Lipinski definition) is 3. The van der Waals surface area contributed by atoms with Crippen LogP contribution in [0.15, 0.2) is 30.3 Å². The van der Waals surface area contributed by atoms with Gasteiger partial charge in [-0.25, -0.2) is 0 Å². The maximum atomic E-state index is 12.0. The van der Waals surface area contributed by atoms with Gasteiger partial charge in [0.05, 0.1) is 0 Å². The zero-order valence-corrected chi connectivity index (χ0v) is 10.8. The predicted octanol–water partition coefficient (Wildman–Crippen LogP) is 0.282. The Kier molecular flexibility index (Phi) is 4.34. The number of carboxylic acids is 1. The molecule has 0 unspecified atom stereocenters. The van der Waals surface area contributed by atoms with Crippen LogP contribution in [-0.4, -0.2) is 29.1 Å². The number of hydrogen-bond acceptors (Lipinski definition) is 3. The second kappa shape index (κ2) is 6.18. The predicted molar refractivity (Wildman–Crippen MR) is 70.6 cm³/mol. The van der Waals surface area contributed by atoms with E-state index in [1.807, 2.05) is 6.07 Å². The normalized spacial score (nSPS) is 19.2. The molecule has 0 bridgehead atoms. The van der Waals surface area contributed by atoms with Crippen LogP contribution in [0.2, 0.25) is 0 Å². The number of amides is 2. The Hall–Kier alpha value is -2.37. The van der Waals surface area contributed by atoms with E-state index in [9.17, 15) is 19.5 Å². The molecule has 6 nitrogen and oxygen atoms in total. The van der Waals surface area contributed by atoms with Crippen LogP contribution in [0, 0.1) is 5.92 Å². The van der Waals surface area contributed by atoms with Crippen molar-refractivity contribution in [2.24, 2.45) is 5.92 Å². The summed E-state index contributed by atoms with van der Waals surface area (Å²) in [6.45, 7) is 0. The van der Waals surface area contributed by atoms with E-state index in [-0.39, 0.29) is 12.3 Å². The summed E-state index contributed by atoms with van der Waals surface area (Å²) in [6.07, 6.45) is 0.499. The average molecular weight is 276 g/mol. The molecule has 1 heterocycles. The molecule has 0 aliphatic carbocycles. The van der Waals surface area contributed by atoms with Crippen molar-refractivity contribution in [1.82, 2.24) is 10.6 Å². The van der Waals surface area contributed by atoms with E-state index in [2.05, 4.69) is 10.6 Å². The Bertz CT molecular complexity index is 515. The zero-order chi connectivity index (χ0) is 14.5. The highest BCUT2D eigenvalue weighted by Crippen LogP contribution is 2.11. The Balaban J connectivity index is 1.99. The van der Waals surface area contributed by atoms with E-state index in [0.717, 1.165) is 5.56 Å². The van der Waals surface area contributed by atoms with Gasteiger partial charge in [0.15, 0.2) is 0 Å². The lowest BCUT2D eigenvalue weighted by molar-refractivity contribution is -0.147. The lowest BCUT2D eigenvalue weighted by Crippen LogP contribution is -2.47. The summed E-state index contributed by atoms with van der Waals surface area (Å²) in [4.78, 5) is 34.3. The van der Waals surface area contributed by atoms with Crippen LogP contribution in [0.25, 0.3) is 0 Å². The molecule has 0 radical (unpaired) electrons. The number of nitrogens with one attached hydrogen (secondary N) is 2. The van der Waals surface area contributed by atoms with Crippen LogP contribution in [0.4, 0.5) is 0 Å². The Morgan fingerprint density at radius 3 is 2.60 bits per heavy atom. The molecule has 1 aromatic carbocycles. The minimum absolute atomic E-state index is 0.128. The maximum absolute atomic E-state index is 12.0. The molecule has 2 atom stereocenters. The zero-order valence-electron chi connectivity index (χ0n) is 10.8. The van der Waals surface area contributed by atoms with Crippen LogP contribution in [-0.2, 0) is 20.8 Å². The van der Waals surface area contributed by atoms with Gasteiger partial charge in [-0.1, -0.05) is 30.3 Å². The van der Waals surface area contributed by atoms with Crippen molar-refractivity contribution in [2.45, 2.75) is 25.4 Å². The van der Waals surface area contributed by atoms with Crippen LogP contribution in [0.1, 0.15) is 18.4 Å². The largest absolute Gasteiger partial charge is 0.481 e. The molecule has 1 aliphatic rings. The van der Waals surface area contributed by atoms with E-state index in [0.29, 0.717) is 12.8 Å². The van der Waals surface area contributed by atoms with Gasteiger partial charge in [-0.3, -0.25) is 14.4 Å². The van der Waals surface area contributed by atoms with Gasteiger partial charge in [0, 0.05) is 6.42 Å². The van der Waals surface area contributed by atoms with Crippen LogP contribution < -0.4 is 10.6 Å². The summed E-state index contributed by atoms with van der Waals surface area (Å²) in [5.74, 6) is -3.04. The molecule has 1 aromatic rings. The molecule has 2 amide bonds. The van der Waals surface area contributed by atoms with Crippen LogP contribution in [0.3, 0.4) is 0 Å². The van der Waals surface area contributed by atoms with Gasteiger partial charge in [0.25, 0.3) is 0 Å². The van der Waals surface area contributed by atoms with E-state index in [1.165, 1.54) is 0 Å². The highest BCUT2D eigenvalue weighted by atomic mass is 16.4. The van der Waals surface area contributed by atoms with E-state index >= 15 is 0 Å². The Morgan fingerprint density at radius 1 is 1.35 bits per heavy atom. The van der Waals surface area contributed by atoms with E-state index in [4.69, 9.17) is 0 Å². The van der Waals surface area contributed by atoms with Crippen molar-refractivity contribution in [3.63, 3.8) is 0 Å². The van der Waals surface area contributed by atoms with Gasteiger partial charge in [-0.2, -0.15) is 0 Å². The minimum atomic E-state index is -1.17. The first kappa shape index (κ1) is 14.0. The van der Waals surface area contributed by atoms with Crippen molar-refractivity contribution >= 4 is 17.8 Å². The van der Waals surface area contributed by atoms with Gasteiger partial charge >= 0.3 is 5.97 Å². The second-order valence-electron chi connectivity index (χ2n) is 4.75. The average Bonchev–Trinajstić information content (AvgIpc) is 2.82. The molecular weight excluding hydrogens is 260 g/mol. The van der Waals surface area contributed by atoms with E-state index in [1.54, 1.807) is 24.3 Å². The molecular formula is C14H16N2O4. The van der Waals surface area contributed by atoms with Crippen molar-refractivity contribution in [1.29, 1.82) is 0 Å². The first-order valence-electron chi connectivity index (χ1n) is 6.42. The molecule has 2 rings (SSSR count). The van der Waals surface area contributed by atoms with Crippen LogP contribution in [0.5, 0.6) is 0 Å². The summed E-state index contributed by atoms with van der Waals surface area (Å²) >= 11 is 0. The third kappa shape index (κ3) is 3.57. The molecule has 1 fully saturated rings. The lowest BCUT2D eigenvalue weighted by atomic mass is 9.98. The molecule has 0 aromatic heterocycles. The van der Waals surface area contributed by atoms with Crippen molar-refractivity contribution in [3.05, 3.63) is 35.9 Å². The number of aliphatic carboxylic acids is 1. The molecule has 106 valence electrons. The summed E-state index contributed by atoms with van der Waals surface area (Å²) in [5, 5.41) is 14.3. The molecule has 1 saturated heterocycles. The van der Waals surface area contributed by atoms with Crippen LogP contribution >= 0.6 is 0 Å². The fourth-order valence-corrected chi connectivity index (χ4v) is 2.14. The smallest absolute Gasteiger partial charge is 0.316 e. The summed E-state index contributed by atoms with van der Waals surface area (Å²) < 4.78 is 0. The fourth-order valence-electron chi connectivity index (χ4n) is 2.14. The van der Waals surface area contributed by atoms with Gasteiger partial charge in [0.2, 0.25) is 11.8 Å². The number of benzene rings is 1. The molecule has 0 saturated carbocycles. The highest BCUT2D eigenvalue weighted by molar-refractivity contribution is 5.97. The topological polar surface area (TPSA) is 95.5 Å². The Morgan fingerprint density at radius 2 is 2.05 bits per heavy atom. The SMILES string of the molecule is O=C1CC[C@@H](NC(=O)[C@H](Cc2ccccc2)C(=O)O)N1. The molecule has 1 aliphatic heterocycles. The van der Waals surface area contributed by atoms with Gasteiger partial charge in [-0.05, 0) is 18.4 Å². The number of rotatable bonds is 5. The van der Waals surface area contributed by atoms with Crippen molar-refractivity contribution in [2.75, 3.05) is 0 Å². The molecule has 0 spiro atoms. The third-order valence-corrected chi connectivity index (χ3v) is 3.21. The Labute approximate surface area is 116 Å². The molecule has 3 N–H and O–H groups in total.